The maximum Gasteiger partial charge on any atom is 0.306 e. The number of hydrogen-bond acceptors (Lipinski definition) is 5. The maximum absolute atomic E-state index is 12.8. The summed E-state index contributed by atoms with van der Waals surface area (Å²) in [5, 5.41) is 0. The Morgan fingerprint density at radius 2 is 0.682 bits per heavy atom. The number of ether oxygens (including phenoxy) is 3. The lowest BCUT2D eigenvalue weighted by atomic mass is 10.0. The minimum atomic E-state index is -0.547. The van der Waals surface area contributed by atoms with Crippen LogP contribution in [0.3, 0.4) is 0 Å². The zero-order valence-electron chi connectivity index (χ0n) is 44.2. The maximum atomic E-state index is 12.8. The smallest absolute Gasteiger partial charge is 0.306 e. The Balaban J connectivity index is 4.23. The topological polar surface area (TPSA) is 61.8 Å². The van der Waals surface area contributed by atoms with Crippen LogP contribution in [0, 0.1) is 0 Å². The van der Waals surface area contributed by atoms with Crippen LogP contribution in [0.4, 0.5) is 0 Å². The Kier molecular flexibility index (Phi) is 54.9. The van der Waals surface area contributed by atoms with Gasteiger partial charge >= 0.3 is 11.9 Å². The van der Waals surface area contributed by atoms with Crippen LogP contribution in [0.2, 0.25) is 0 Å². The van der Waals surface area contributed by atoms with Gasteiger partial charge in [0.2, 0.25) is 0 Å². The fourth-order valence-electron chi connectivity index (χ4n) is 8.30. The van der Waals surface area contributed by atoms with E-state index >= 15 is 0 Å². The number of rotatable bonds is 53. The molecule has 0 aromatic rings. The van der Waals surface area contributed by atoms with Gasteiger partial charge in [0.15, 0.2) is 6.10 Å². The third-order valence-corrected chi connectivity index (χ3v) is 12.6. The molecule has 0 rings (SSSR count). The van der Waals surface area contributed by atoms with Crippen molar-refractivity contribution in [3.8, 4) is 0 Å². The molecular formula is C61H110O5. The molecule has 0 bridgehead atoms. The molecule has 0 heterocycles. The Morgan fingerprint density at radius 3 is 1.09 bits per heavy atom. The van der Waals surface area contributed by atoms with Gasteiger partial charge in [0.1, 0.15) is 6.61 Å². The van der Waals surface area contributed by atoms with E-state index in [4.69, 9.17) is 14.2 Å². The third kappa shape index (κ3) is 54.2. The molecule has 66 heavy (non-hydrogen) atoms. The summed E-state index contributed by atoms with van der Waals surface area (Å²) in [7, 11) is 0. The number of carbonyl (C=O) groups is 2. The van der Waals surface area contributed by atoms with Gasteiger partial charge in [0.25, 0.3) is 0 Å². The van der Waals surface area contributed by atoms with E-state index in [9.17, 15) is 9.59 Å². The number of allylic oxidation sites excluding steroid dienone is 10. The van der Waals surface area contributed by atoms with Crippen molar-refractivity contribution in [2.24, 2.45) is 0 Å². The minimum Gasteiger partial charge on any atom is -0.462 e. The number of hydrogen-bond donors (Lipinski definition) is 0. The summed E-state index contributed by atoms with van der Waals surface area (Å²) >= 11 is 0. The first-order valence-electron chi connectivity index (χ1n) is 28.8. The lowest BCUT2D eigenvalue weighted by Gasteiger charge is -2.18. The van der Waals surface area contributed by atoms with E-state index in [2.05, 4.69) is 81.5 Å². The highest BCUT2D eigenvalue weighted by atomic mass is 16.6. The fraction of sp³-hybridized carbons (Fsp3) is 0.803. The molecule has 384 valence electrons. The molecule has 0 saturated heterocycles. The van der Waals surface area contributed by atoms with Crippen molar-refractivity contribution in [3.63, 3.8) is 0 Å². The predicted octanol–water partition coefficient (Wildman–Crippen LogP) is 19.7. The molecule has 0 radical (unpaired) electrons. The van der Waals surface area contributed by atoms with Crippen LogP contribution >= 0.6 is 0 Å². The number of esters is 2. The van der Waals surface area contributed by atoms with Gasteiger partial charge in [-0.15, -0.1) is 0 Å². The molecule has 5 heteroatoms. The molecule has 0 amide bonds. The Bertz CT molecular complexity index is 1130. The second kappa shape index (κ2) is 56.9. The van der Waals surface area contributed by atoms with Crippen molar-refractivity contribution in [3.05, 3.63) is 60.8 Å². The van der Waals surface area contributed by atoms with E-state index in [1.54, 1.807) is 0 Å². The molecule has 0 aliphatic heterocycles. The van der Waals surface area contributed by atoms with Crippen molar-refractivity contribution in [2.45, 2.75) is 297 Å². The monoisotopic (exact) mass is 923 g/mol. The lowest BCUT2D eigenvalue weighted by molar-refractivity contribution is -0.163. The van der Waals surface area contributed by atoms with Gasteiger partial charge < -0.3 is 14.2 Å². The minimum absolute atomic E-state index is 0.0715. The van der Waals surface area contributed by atoms with E-state index in [0.717, 1.165) is 83.5 Å². The zero-order valence-corrected chi connectivity index (χ0v) is 44.2. The molecule has 0 N–H and O–H groups in total. The summed E-state index contributed by atoms with van der Waals surface area (Å²) in [6, 6.07) is 0. The summed E-state index contributed by atoms with van der Waals surface area (Å²) in [5.41, 5.74) is 0. The Hall–Kier alpha value is -2.40. The van der Waals surface area contributed by atoms with Crippen LogP contribution in [0.25, 0.3) is 0 Å². The molecule has 0 fully saturated rings. The quantitative estimate of drug-likeness (QED) is 0.0346. The summed E-state index contributed by atoms with van der Waals surface area (Å²) in [5.74, 6) is -0.421. The van der Waals surface area contributed by atoms with Crippen LogP contribution in [-0.2, 0) is 23.8 Å². The van der Waals surface area contributed by atoms with Crippen molar-refractivity contribution >= 4 is 11.9 Å². The first-order valence-corrected chi connectivity index (χ1v) is 28.8. The first-order chi connectivity index (χ1) is 32.6. The predicted molar refractivity (Wildman–Crippen MR) is 288 cm³/mol. The fourth-order valence-corrected chi connectivity index (χ4v) is 8.30. The van der Waals surface area contributed by atoms with E-state index < -0.39 is 6.10 Å². The van der Waals surface area contributed by atoms with Crippen molar-refractivity contribution in [1.29, 1.82) is 0 Å². The summed E-state index contributed by atoms with van der Waals surface area (Å²) in [6.45, 7) is 7.72. The second-order valence-corrected chi connectivity index (χ2v) is 19.2. The van der Waals surface area contributed by atoms with Crippen LogP contribution in [0.5, 0.6) is 0 Å². The average molecular weight is 924 g/mol. The molecule has 0 saturated carbocycles. The van der Waals surface area contributed by atoms with Gasteiger partial charge in [0.05, 0.1) is 6.61 Å². The third-order valence-electron chi connectivity index (χ3n) is 12.6. The standard InChI is InChI=1S/C61H110O5/c1-4-7-10-13-16-19-22-24-26-28-30-32-34-36-38-41-44-47-50-53-56-64-57-59(66-61(63)55-52-49-46-43-39-21-18-15-12-9-6-3)58-65-60(62)54-51-48-45-42-40-37-35-33-31-29-27-25-23-20-17-14-11-8-5-2/h8,11,17,20,25,27,31,33,37,40,59H,4-7,9-10,12-16,18-19,21-24,26,28-30,32,34-36,38-39,41-58H2,1-3H3/b11-8-,20-17-,27-25-,33-31-,40-37-. The van der Waals surface area contributed by atoms with Crippen LogP contribution < -0.4 is 0 Å². The lowest BCUT2D eigenvalue weighted by Crippen LogP contribution is -2.30. The van der Waals surface area contributed by atoms with Crippen molar-refractivity contribution < 1.29 is 23.8 Å². The summed E-state index contributed by atoms with van der Waals surface area (Å²) < 4.78 is 17.4. The number of unbranched alkanes of at least 4 members (excludes halogenated alkanes) is 32. The second-order valence-electron chi connectivity index (χ2n) is 19.2. The average Bonchev–Trinajstić information content (AvgIpc) is 3.32. The molecule has 0 aliphatic carbocycles. The normalized spacial score (nSPS) is 12.6. The molecule has 1 unspecified atom stereocenters. The molecule has 5 nitrogen and oxygen atoms in total. The van der Waals surface area contributed by atoms with Gasteiger partial charge in [0, 0.05) is 19.4 Å². The molecular weight excluding hydrogens is 813 g/mol. The van der Waals surface area contributed by atoms with Gasteiger partial charge in [-0.05, 0) is 64.2 Å². The largest absolute Gasteiger partial charge is 0.462 e. The Morgan fingerprint density at radius 1 is 0.348 bits per heavy atom. The highest BCUT2D eigenvalue weighted by Gasteiger charge is 2.17. The van der Waals surface area contributed by atoms with Gasteiger partial charge in [-0.3, -0.25) is 9.59 Å². The summed E-state index contributed by atoms with van der Waals surface area (Å²) in [6.07, 6.45) is 72.5. The molecule has 0 aromatic heterocycles. The molecule has 1 atom stereocenters. The van der Waals surface area contributed by atoms with Gasteiger partial charge in [-0.2, -0.15) is 0 Å². The molecule has 0 spiro atoms. The van der Waals surface area contributed by atoms with Crippen LogP contribution in [0.15, 0.2) is 60.8 Å². The molecule has 0 aromatic carbocycles. The van der Waals surface area contributed by atoms with E-state index in [1.165, 1.54) is 173 Å². The van der Waals surface area contributed by atoms with Gasteiger partial charge in [-0.25, -0.2) is 0 Å². The van der Waals surface area contributed by atoms with E-state index in [-0.39, 0.29) is 25.2 Å². The molecule has 0 aliphatic rings. The van der Waals surface area contributed by atoms with E-state index in [0.29, 0.717) is 19.4 Å². The van der Waals surface area contributed by atoms with E-state index in [1.807, 2.05) is 0 Å². The zero-order chi connectivity index (χ0) is 47.7. The first kappa shape index (κ1) is 63.6. The van der Waals surface area contributed by atoms with Crippen LogP contribution in [0.1, 0.15) is 290 Å². The summed E-state index contributed by atoms with van der Waals surface area (Å²) in [4.78, 5) is 25.4. The SMILES string of the molecule is CC/C=C\C/C=C\C/C=C\C/C=C\C/C=C\CCCCCC(=O)OCC(COCCCCCCCCCCCCCCCCCCCCCC)OC(=O)CCCCCCCCCCCCC. The number of carbonyl (C=O) groups excluding carboxylic acids is 2. The highest BCUT2D eigenvalue weighted by Crippen LogP contribution is 2.16. The van der Waals surface area contributed by atoms with Crippen LogP contribution in [-0.4, -0.2) is 37.9 Å². The Labute approximate surface area is 411 Å². The van der Waals surface area contributed by atoms with Crippen molar-refractivity contribution in [2.75, 3.05) is 19.8 Å². The van der Waals surface area contributed by atoms with Crippen molar-refractivity contribution in [1.82, 2.24) is 0 Å². The highest BCUT2D eigenvalue weighted by molar-refractivity contribution is 5.70. The van der Waals surface area contributed by atoms with Gasteiger partial charge in [-0.1, -0.05) is 274 Å².